The van der Waals surface area contributed by atoms with Gasteiger partial charge in [0.1, 0.15) is 11.7 Å². The lowest BCUT2D eigenvalue weighted by molar-refractivity contribution is 0.468. The molecule has 32 heavy (non-hydrogen) atoms. The van der Waals surface area contributed by atoms with Crippen molar-refractivity contribution in [3.63, 3.8) is 0 Å². The third-order valence-corrected chi connectivity index (χ3v) is 6.15. The quantitative estimate of drug-likeness (QED) is 0.807. The van der Waals surface area contributed by atoms with E-state index in [0.29, 0.717) is 18.4 Å². The Morgan fingerprint density at radius 3 is 3.00 bits per heavy atom. The number of amidine groups is 1. The van der Waals surface area contributed by atoms with E-state index in [9.17, 15) is 0 Å². The van der Waals surface area contributed by atoms with Crippen LogP contribution in [0.1, 0.15) is 12.8 Å². The number of piperidine rings is 1. The Kier molecular flexibility index (Phi) is 5.39. The summed E-state index contributed by atoms with van der Waals surface area (Å²) in [5.41, 5.74) is 4.38. The molecular formula is C25H29N7. The first-order valence-corrected chi connectivity index (χ1v) is 11.1. The van der Waals surface area contributed by atoms with Gasteiger partial charge >= 0.3 is 0 Å². The van der Waals surface area contributed by atoms with Gasteiger partial charge in [0.2, 0.25) is 0 Å². The normalized spacial score (nSPS) is 19.2. The van der Waals surface area contributed by atoms with Crippen LogP contribution in [0.15, 0.2) is 71.1 Å². The Labute approximate surface area is 189 Å². The summed E-state index contributed by atoms with van der Waals surface area (Å²) in [6, 6.07) is 13.1. The summed E-state index contributed by atoms with van der Waals surface area (Å²) in [7, 11) is 4.11. The van der Waals surface area contributed by atoms with E-state index >= 15 is 0 Å². The Hall–Kier alpha value is -3.61. The molecule has 0 unspecified atom stereocenters. The molecule has 0 radical (unpaired) electrons. The number of nitrogens with zero attached hydrogens (tertiary/aromatic N) is 6. The number of benzene rings is 1. The second-order valence-corrected chi connectivity index (χ2v) is 8.56. The third kappa shape index (κ3) is 3.86. The average Bonchev–Trinajstić information content (AvgIpc) is 3.08. The molecule has 1 atom stereocenters. The first-order chi connectivity index (χ1) is 15.6. The van der Waals surface area contributed by atoms with Crippen LogP contribution in [0.4, 0.5) is 17.2 Å². The third-order valence-electron chi connectivity index (χ3n) is 6.15. The molecule has 5 rings (SSSR count). The van der Waals surface area contributed by atoms with Crippen LogP contribution in [0, 0.1) is 0 Å². The van der Waals surface area contributed by atoms with Crippen molar-refractivity contribution in [3.05, 3.63) is 61.1 Å². The minimum Gasteiger partial charge on any atom is -0.378 e. The lowest BCUT2D eigenvalue weighted by Gasteiger charge is -2.47. The van der Waals surface area contributed by atoms with Crippen molar-refractivity contribution in [2.24, 2.45) is 9.98 Å². The van der Waals surface area contributed by atoms with Crippen LogP contribution in [0.25, 0.3) is 11.3 Å². The van der Waals surface area contributed by atoms with E-state index in [1.807, 2.05) is 6.08 Å². The first-order valence-electron chi connectivity index (χ1n) is 11.1. The molecule has 4 heterocycles. The topological polar surface area (TPSA) is 59.4 Å². The van der Waals surface area contributed by atoms with Crippen LogP contribution in [-0.4, -0.2) is 56.8 Å². The Morgan fingerprint density at radius 1 is 1.22 bits per heavy atom. The zero-order chi connectivity index (χ0) is 22.1. The van der Waals surface area contributed by atoms with Gasteiger partial charge in [0.25, 0.3) is 0 Å². The van der Waals surface area contributed by atoms with E-state index < -0.39 is 0 Å². The molecule has 0 spiro atoms. The highest BCUT2D eigenvalue weighted by atomic mass is 15.4. The van der Waals surface area contributed by atoms with Crippen molar-refractivity contribution >= 4 is 29.2 Å². The van der Waals surface area contributed by atoms with Crippen LogP contribution < -0.4 is 20.0 Å². The highest BCUT2D eigenvalue weighted by Gasteiger charge is 2.36. The second kappa shape index (κ2) is 8.49. The van der Waals surface area contributed by atoms with Crippen molar-refractivity contribution in [1.82, 2.24) is 10.3 Å². The standard InChI is InChI=1S/C25H29N7/c1-18(28-24-16-26-12-6-13-27-24)32-21-9-5-14-31(17-21)23-11-10-22(29-25(23)32)19-7-4-8-20(15-19)30(2)3/h4,6-8,10-11,13,15-16,21H,1,5,9,12,14,17H2,2-3H3,(H,27,28)/t21-/m1/s1. The van der Waals surface area contributed by atoms with Gasteiger partial charge in [-0.3, -0.25) is 4.99 Å². The van der Waals surface area contributed by atoms with Gasteiger partial charge in [0.15, 0.2) is 5.82 Å². The smallest absolute Gasteiger partial charge is 0.158 e. The number of hydrogen-bond donors (Lipinski definition) is 1. The summed E-state index contributed by atoms with van der Waals surface area (Å²) in [4.78, 5) is 20.8. The van der Waals surface area contributed by atoms with Crippen molar-refractivity contribution in [3.8, 4) is 11.3 Å². The van der Waals surface area contributed by atoms with Crippen LogP contribution in [-0.2, 0) is 0 Å². The fraction of sp³-hybridized carbons (Fsp3) is 0.320. The van der Waals surface area contributed by atoms with Gasteiger partial charge in [0.05, 0.1) is 30.2 Å². The molecule has 7 nitrogen and oxygen atoms in total. The minimum absolute atomic E-state index is 0.325. The van der Waals surface area contributed by atoms with Gasteiger partial charge in [0, 0.05) is 44.6 Å². The molecule has 1 aromatic carbocycles. The monoisotopic (exact) mass is 427 g/mol. The van der Waals surface area contributed by atoms with Crippen molar-refractivity contribution < 1.29 is 0 Å². The Bertz CT molecular complexity index is 1120. The summed E-state index contributed by atoms with van der Waals surface area (Å²) >= 11 is 0. The molecule has 1 saturated heterocycles. The SMILES string of the molecule is C=C(NC1=NC=CCN=C1)N1c2nc(-c3cccc(N(C)C)c3)ccc2N2CCC[C@@H]1C2. The molecule has 0 saturated carbocycles. The zero-order valence-corrected chi connectivity index (χ0v) is 18.7. The van der Waals surface area contributed by atoms with Crippen molar-refractivity contribution in [1.29, 1.82) is 0 Å². The number of hydrogen-bond acceptors (Lipinski definition) is 7. The average molecular weight is 428 g/mol. The van der Waals surface area contributed by atoms with Gasteiger partial charge in [-0.2, -0.15) is 0 Å². The largest absolute Gasteiger partial charge is 0.378 e. The number of nitrogens with one attached hydrogen (secondary N) is 1. The number of pyridine rings is 1. The maximum Gasteiger partial charge on any atom is 0.158 e. The Morgan fingerprint density at radius 2 is 2.12 bits per heavy atom. The van der Waals surface area contributed by atoms with E-state index in [1.54, 1.807) is 12.4 Å². The highest BCUT2D eigenvalue weighted by molar-refractivity contribution is 6.30. The van der Waals surface area contributed by atoms with Crippen LogP contribution in [0.2, 0.25) is 0 Å². The summed E-state index contributed by atoms with van der Waals surface area (Å²) < 4.78 is 0. The maximum absolute atomic E-state index is 5.16. The number of fused-ring (bicyclic) bond motifs is 4. The molecule has 3 aliphatic rings. The molecule has 1 fully saturated rings. The zero-order valence-electron chi connectivity index (χ0n) is 18.7. The summed E-state index contributed by atoms with van der Waals surface area (Å²) in [6.07, 6.45) is 7.74. The van der Waals surface area contributed by atoms with E-state index in [2.05, 4.69) is 87.1 Å². The number of rotatable bonds is 4. The van der Waals surface area contributed by atoms with Crippen LogP contribution >= 0.6 is 0 Å². The van der Waals surface area contributed by atoms with Crippen molar-refractivity contribution in [2.75, 3.05) is 48.4 Å². The number of anilines is 3. The maximum atomic E-state index is 5.16. The molecule has 1 N–H and O–H groups in total. The summed E-state index contributed by atoms with van der Waals surface area (Å²) in [6.45, 7) is 7.06. The van der Waals surface area contributed by atoms with E-state index in [1.165, 1.54) is 0 Å². The predicted molar refractivity (Wildman–Crippen MR) is 134 cm³/mol. The molecular weight excluding hydrogens is 398 g/mol. The van der Waals surface area contributed by atoms with Gasteiger partial charge in [-0.1, -0.05) is 18.7 Å². The molecule has 0 amide bonds. The van der Waals surface area contributed by atoms with Crippen LogP contribution in [0.5, 0.6) is 0 Å². The van der Waals surface area contributed by atoms with Gasteiger partial charge < -0.3 is 20.0 Å². The van der Waals surface area contributed by atoms with Crippen molar-refractivity contribution in [2.45, 2.75) is 18.9 Å². The van der Waals surface area contributed by atoms with Crippen LogP contribution in [0.3, 0.4) is 0 Å². The Balaban J connectivity index is 1.53. The fourth-order valence-corrected chi connectivity index (χ4v) is 4.56. The molecule has 7 heteroatoms. The molecule has 164 valence electrons. The van der Waals surface area contributed by atoms with E-state index in [0.717, 1.165) is 60.2 Å². The van der Waals surface area contributed by atoms with E-state index in [4.69, 9.17) is 4.98 Å². The number of aliphatic imine (C=N–C) groups is 2. The fourth-order valence-electron chi connectivity index (χ4n) is 4.56. The second-order valence-electron chi connectivity index (χ2n) is 8.56. The molecule has 2 bridgehead atoms. The summed E-state index contributed by atoms with van der Waals surface area (Å²) in [5, 5.41) is 3.37. The minimum atomic E-state index is 0.325. The molecule has 3 aliphatic heterocycles. The number of aromatic nitrogens is 1. The molecule has 0 aliphatic carbocycles. The van der Waals surface area contributed by atoms with E-state index in [-0.39, 0.29) is 0 Å². The molecule has 2 aromatic rings. The van der Waals surface area contributed by atoms with Gasteiger partial charge in [-0.15, -0.1) is 0 Å². The predicted octanol–water partition coefficient (Wildman–Crippen LogP) is 3.66. The highest BCUT2D eigenvalue weighted by Crippen LogP contribution is 2.40. The lowest BCUT2D eigenvalue weighted by atomic mass is 9.99. The van der Waals surface area contributed by atoms with Gasteiger partial charge in [-0.25, -0.2) is 9.98 Å². The summed E-state index contributed by atoms with van der Waals surface area (Å²) in [5.74, 6) is 2.43. The lowest BCUT2D eigenvalue weighted by Crippen LogP contribution is -2.54. The molecule has 1 aromatic heterocycles. The first kappa shape index (κ1) is 20.3. The van der Waals surface area contributed by atoms with Gasteiger partial charge in [-0.05, 0) is 43.2 Å².